The van der Waals surface area contributed by atoms with Crippen LogP contribution in [0.2, 0.25) is 0 Å². The van der Waals surface area contributed by atoms with Crippen molar-refractivity contribution >= 4 is 16.2 Å². The van der Waals surface area contributed by atoms with Gasteiger partial charge in [0.25, 0.3) is 10.0 Å². The number of sulfonamides is 1. The third kappa shape index (κ3) is 4.72. The van der Waals surface area contributed by atoms with Crippen LogP contribution in [0.1, 0.15) is 25.0 Å². The number of ether oxygens (including phenoxy) is 4. The second-order valence-electron chi connectivity index (χ2n) is 8.32. The first-order chi connectivity index (χ1) is 15.2. The highest BCUT2D eigenvalue weighted by Gasteiger charge is 2.56. The molecule has 2 aliphatic heterocycles. The molecule has 0 N–H and O–H groups in total. The summed E-state index contributed by atoms with van der Waals surface area (Å²) in [5.41, 5.74) is 1.74. The van der Waals surface area contributed by atoms with Gasteiger partial charge in [0.05, 0.1) is 17.7 Å². The van der Waals surface area contributed by atoms with Crippen LogP contribution >= 0.6 is 0 Å². The molecule has 2 fully saturated rings. The maximum absolute atomic E-state index is 13.5. The van der Waals surface area contributed by atoms with Crippen LogP contribution in [0.5, 0.6) is 0 Å². The van der Waals surface area contributed by atoms with Crippen LogP contribution in [0.15, 0.2) is 64.6 Å². The molecule has 0 saturated carbocycles. The Balaban J connectivity index is 1.65. The van der Waals surface area contributed by atoms with Crippen molar-refractivity contribution in [3.05, 3.63) is 65.7 Å². The van der Waals surface area contributed by atoms with Gasteiger partial charge in [-0.2, -0.15) is 17.9 Å². The number of benzene rings is 2. The zero-order valence-electron chi connectivity index (χ0n) is 18.5. The number of hydrogen-bond donors (Lipinski definition) is 0. The fraction of sp³-hybridized carbons (Fsp3) is 0.435. The Bertz CT molecular complexity index is 1060. The van der Waals surface area contributed by atoms with E-state index in [1.54, 1.807) is 24.3 Å². The van der Waals surface area contributed by atoms with Crippen LogP contribution in [0.4, 0.5) is 0 Å². The van der Waals surface area contributed by atoms with Crippen molar-refractivity contribution in [1.29, 1.82) is 0 Å². The normalized spacial score (nSPS) is 27.0. The van der Waals surface area contributed by atoms with Crippen molar-refractivity contribution in [3.8, 4) is 0 Å². The van der Waals surface area contributed by atoms with E-state index in [0.717, 1.165) is 15.5 Å². The lowest BCUT2D eigenvalue weighted by Gasteiger charge is -2.26. The van der Waals surface area contributed by atoms with Gasteiger partial charge in [-0.15, -0.1) is 0 Å². The Morgan fingerprint density at radius 3 is 2.38 bits per heavy atom. The van der Waals surface area contributed by atoms with Gasteiger partial charge in [-0.3, -0.25) is 0 Å². The van der Waals surface area contributed by atoms with Gasteiger partial charge in [-0.1, -0.05) is 48.0 Å². The monoisotopic (exact) mass is 460 g/mol. The van der Waals surface area contributed by atoms with Crippen LogP contribution in [0.25, 0.3) is 0 Å². The van der Waals surface area contributed by atoms with Gasteiger partial charge in [0.1, 0.15) is 18.3 Å². The van der Waals surface area contributed by atoms with E-state index in [0.29, 0.717) is 0 Å². The topological polar surface area (TPSA) is 86.7 Å². The molecule has 4 rings (SSSR count). The van der Waals surface area contributed by atoms with Crippen molar-refractivity contribution < 1.29 is 27.4 Å². The fourth-order valence-corrected chi connectivity index (χ4v) is 5.08. The minimum atomic E-state index is -3.94. The van der Waals surface area contributed by atoms with Crippen molar-refractivity contribution in [3.63, 3.8) is 0 Å². The first-order valence-electron chi connectivity index (χ1n) is 10.4. The molecule has 2 aliphatic rings. The summed E-state index contributed by atoms with van der Waals surface area (Å²) in [6.45, 7) is 5.46. The molecule has 0 radical (unpaired) electrons. The molecule has 2 heterocycles. The molecule has 0 spiro atoms. The molecule has 4 atom stereocenters. The zero-order valence-corrected chi connectivity index (χ0v) is 19.4. The van der Waals surface area contributed by atoms with Gasteiger partial charge in [0, 0.05) is 7.11 Å². The number of nitrogens with zero attached hydrogens (tertiary/aromatic N) is 2. The first-order valence-corrected chi connectivity index (χ1v) is 11.9. The summed E-state index contributed by atoms with van der Waals surface area (Å²) in [6, 6.07) is 16.0. The van der Waals surface area contributed by atoms with E-state index in [9.17, 15) is 8.42 Å². The maximum atomic E-state index is 13.5. The molecule has 8 nitrogen and oxygen atoms in total. The summed E-state index contributed by atoms with van der Waals surface area (Å²) in [4.78, 5) is 0.148. The molecule has 0 bridgehead atoms. The molecule has 2 saturated heterocycles. The number of rotatable bonds is 7. The third-order valence-corrected chi connectivity index (χ3v) is 7.07. The number of methoxy groups -OCH3 is 1. The van der Waals surface area contributed by atoms with Gasteiger partial charge in [-0.25, -0.2) is 0 Å². The standard InChI is InChI=1S/C23H28N2O6S/c1-16-10-12-18(13-11-16)32(26,27)25(24-14-17-8-6-5-7-9-17)15-19-20-21(22(28-4)29-19)31-23(2,3)30-20/h5-14,19-22H,15H2,1-4H3/b24-14-/t19-,20-,21-,22?/m1/s1. The van der Waals surface area contributed by atoms with E-state index >= 15 is 0 Å². The molecule has 0 aliphatic carbocycles. The van der Waals surface area contributed by atoms with Crippen LogP contribution in [-0.4, -0.2) is 63.1 Å². The molecular formula is C23H28N2O6S. The summed E-state index contributed by atoms with van der Waals surface area (Å²) < 4.78 is 51.3. The lowest BCUT2D eigenvalue weighted by molar-refractivity contribution is -0.227. The van der Waals surface area contributed by atoms with Crippen LogP contribution < -0.4 is 0 Å². The fourth-order valence-electron chi connectivity index (χ4n) is 3.84. The van der Waals surface area contributed by atoms with Crippen LogP contribution in [0.3, 0.4) is 0 Å². The molecule has 172 valence electrons. The molecule has 0 aromatic heterocycles. The minimum absolute atomic E-state index is 0.0555. The molecule has 2 aromatic carbocycles. The van der Waals surface area contributed by atoms with Gasteiger partial charge in [-0.05, 0) is 38.5 Å². The van der Waals surface area contributed by atoms with E-state index in [2.05, 4.69) is 5.10 Å². The van der Waals surface area contributed by atoms with Gasteiger partial charge in [0.15, 0.2) is 12.1 Å². The first kappa shape index (κ1) is 22.9. The molecular weight excluding hydrogens is 432 g/mol. The summed E-state index contributed by atoms with van der Waals surface area (Å²) in [5.74, 6) is -0.817. The van der Waals surface area contributed by atoms with Gasteiger partial charge in [0.2, 0.25) is 0 Å². The maximum Gasteiger partial charge on any atom is 0.279 e. The van der Waals surface area contributed by atoms with E-state index in [1.165, 1.54) is 13.3 Å². The van der Waals surface area contributed by atoms with Crippen molar-refractivity contribution in [2.75, 3.05) is 13.7 Å². The summed E-state index contributed by atoms with van der Waals surface area (Å²) in [6.07, 6.45) is -0.713. The average Bonchev–Trinajstić information content (AvgIpc) is 3.24. The van der Waals surface area contributed by atoms with E-state index < -0.39 is 40.4 Å². The Morgan fingerprint density at radius 2 is 1.72 bits per heavy atom. The summed E-state index contributed by atoms with van der Waals surface area (Å²) in [7, 11) is -2.42. The quantitative estimate of drug-likeness (QED) is 0.467. The predicted molar refractivity (Wildman–Crippen MR) is 119 cm³/mol. The third-order valence-electron chi connectivity index (χ3n) is 5.41. The smallest absolute Gasteiger partial charge is 0.279 e. The highest BCUT2D eigenvalue weighted by molar-refractivity contribution is 7.89. The highest BCUT2D eigenvalue weighted by Crippen LogP contribution is 2.39. The Labute approximate surface area is 188 Å². The number of aryl methyl sites for hydroxylation is 1. The lowest BCUT2D eigenvalue weighted by Crippen LogP contribution is -2.40. The molecule has 1 unspecified atom stereocenters. The zero-order chi connectivity index (χ0) is 22.9. The molecule has 2 aromatic rings. The van der Waals surface area contributed by atoms with Crippen LogP contribution in [0, 0.1) is 6.92 Å². The Kier molecular flexibility index (Phi) is 6.37. The van der Waals surface area contributed by atoms with Crippen molar-refractivity contribution in [2.45, 2.75) is 56.1 Å². The van der Waals surface area contributed by atoms with E-state index in [1.807, 2.05) is 51.1 Å². The average molecular weight is 461 g/mol. The molecule has 9 heteroatoms. The number of hydrogen-bond acceptors (Lipinski definition) is 7. The number of fused-ring (bicyclic) bond motifs is 1. The predicted octanol–water partition coefficient (Wildman–Crippen LogP) is 2.91. The van der Waals surface area contributed by atoms with E-state index in [4.69, 9.17) is 18.9 Å². The second-order valence-corrected chi connectivity index (χ2v) is 10.2. The lowest BCUT2D eigenvalue weighted by atomic mass is 10.1. The van der Waals surface area contributed by atoms with Crippen molar-refractivity contribution in [1.82, 2.24) is 4.41 Å². The highest BCUT2D eigenvalue weighted by atomic mass is 32.2. The Hall–Kier alpha value is -2.30. The van der Waals surface area contributed by atoms with E-state index in [-0.39, 0.29) is 11.4 Å². The summed E-state index contributed by atoms with van der Waals surface area (Å²) in [5, 5.41) is 4.33. The molecule has 32 heavy (non-hydrogen) atoms. The second kappa shape index (κ2) is 8.92. The minimum Gasteiger partial charge on any atom is -0.353 e. The van der Waals surface area contributed by atoms with Gasteiger partial charge < -0.3 is 18.9 Å². The van der Waals surface area contributed by atoms with Gasteiger partial charge >= 0.3 is 0 Å². The largest absolute Gasteiger partial charge is 0.353 e. The van der Waals surface area contributed by atoms with Crippen LogP contribution in [-0.2, 0) is 29.0 Å². The molecule has 0 amide bonds. The SMILES string of the molecule is COC1O[C@H](CN(/N=C\c2ccccc2)S(=O)(=O)c2ccc(C)cc2)[C@H]2OC(C)(C)O[C@@H]12. The summed E-state index contributed by atoms with van der Waals surface area (Å²) >= 11 is 0. The Morgan fingerprint density at radius 1 is 1.06 bits per heavy atom. The van der Waals surface area contributed by atoms with Crippen molar-refractivity contribution in [2.24, 2.45) is 5.10 Å². The number of hydrazone groups is 1.